The van der Waals surface area contributed by atoms with Crippen LogP contribution in [0.1, 0.15) is 29.6 Å². The highest BCUT2D eigenvalue weighted by Crippen LogP contribution is 2.31. The summed E-state index contributed by atoms with van der Waals surface area (Å²) in [4.78, 5) is 33.9. The van der Waals surface area contributed by atoms with E-state index in [1.54, 1.807) is 11.8 Å². The van der Waals surface area contributed by atoms with E-state index in [1.807, 2.05) is 30.5 Å². The lowest BCUT2D eigenvalue weighted by molar-refractivity contribution is -0.130. The van der Waals surface area contributed by atoms with E-state index in [0.29, 0.717) is 37.6 Å². The van der Waals surface area contributed by atoms with Crippen molar-refractivity contribution in [1.29, 1.82) is 0 Å². The lowest BCUT2D eigenvalue weighted by Crippen LogP contribution is -2.32. The second kappa shape index (κ2) is 6.86. The normalized spacial score (nSPS) is 19.7. The molecule has 1 aromatic carbocycles. The summed E-state index contributed by atoms with van der Waals surface area (Å²) in [6, 6.07) is 8.03. The van der Waals surface area contributed by atoms with Crippen molar-refractivity contribution in [2.75, 3.05) is 13.1 Å². The number of carbonyl (C=O) groups excluding carboxylic acids is 2. The van der Waals surface area contributed by atoms with Crippen LogP contribution in [0.4, 0.5) is 0 Å². The minimum atomic E-state index is -0.461. The van der Waals surface area contributed by atoms with E-state index >= 15 is 0 Å². The number of benzene rings is 1. The summed E-state index contributed by atoms with van der Waals surface area (Å²) in [6.07, 6.45) is 2.98. The average molecular weight is 366 g/mol. The standard InChI is InChI=1S/C19H22N6O2/c1-11-22-19(24-23-11)15-10-25(9-14(15)18(20)27)17(26)7-6-12-8-21-16-5-3-2-4-13(12)16/h2-5,8,14-15,21H,6-7,9-10H2,1H3,(H2,20,27)(H,22,23,24). The van der Waals surface area contributed by atoms with Gasteiger partial charge in [-0.2, -0.15) is 5.10 Å². The van der Waals surface area contributed by atoms with E-state index < -0.39 is 11.8 Å². The molecular weight excluding hydrogens is 344 g/mol. The molecule has 2 amide bonds. The lowest BCUT2D eigenvalue weighted by Gasteiger charge is -2.15. The van der Waals surface area contributed by atoms with Gasteiger partial charge >= 0.3 is 0 Å². The van der Waals surface area contributed by atoms with Crippen LogP contribution in [0.2, 0.25) is 0 Å². The van der Waals surface area contributed by atoms with Crippen molar-refractivity contribution in [3.05, 3.63) is 47.7 Å². The first-order chi connectivity index (χ1) is 13.0. The van der Waals surface area contributed by atoms with Crippen LogP contribution < -0.4 is 5.73 Å². The van der Waals surface area contributed by atoms with Crippen molar-refractivity contribution in [2.45, 2.75) is 25.7 Å². The van der Waals surface area contributed by atoms with Gasteiger partial charge in [0, 0.05) is 36.6 Å². The summed E-state index contributed by atoms with van der Waals surface area (Å²) < 4.78 is 0. The number of primary amides is 1. The van der Waals surface area contributed by atoms with E-state index in [2.05, 4.69) is 20.2 Å². The summed E-state index contributed by atoms with van der Waals surface area (Å²) in [5, 5.41) is 8.08. The molecular formula is C19H22N6O2. The Morgan fingerprint density at radius 3 is 2.85 bits per heavy atom. The fourth-order valence-corrected chi connectivity index (χ4v) is 3.82. The number of hydrogen-bond acceptors (Lipinski definition) is 4. The Bertz CT molecular complexity index is 991. The SMILES string of the molecule is Cc1nc(C2CN(C(=O)CCc3c[nH]c4ccccc34)CC2C(N)=O)n[nH]1. The molecule has 0 bridgehead atoms. The molecule has 4 N–H and O–H groups in total. The number of carbonyl (C=O) groups is 2. The smallest absolute Gasteiger partial charge is 0.223 e. The number of nitrogens with one attached hydrogen (secondary N) is 2. The number of hydrogen-bond donors (Lipinski definition) is 3. The zero-order valence-electron chi connectivity index (χ0n) is 15.1. The summed E-state index contributed by atoms with van der Waals surface area (Å²) >= 11 is 0. The summed E-state index contributed by atoms with van der Waals surface area (Å²) in [7, 11) is 0. The Morgan fingerprint density at radius 2 is 2.11 bits per heavy atom. The third-order valence-corrected chi connectivity index (χ3v) is 5.27. The van der Waals surface area contributed by atoms with Gasteiger partial charge in [0.15, 0.2) is 5.82 Å². The molecule has 1 aliphatic rings. The maximum atomic E-state index is 12.7. The molecule has 8 nitrogen and oxygen atoms in total. The van der Waals surface area contributed by atoms with E-state index in [0.717, 1.165) is 16.5 Å². The van der Waals surface area contributed by atoms with E-state index in [9.17, 15) is 9.59 Å². The topological polar surface area (TPSA) is 121 Å². The first kappa shape index (κ1) is 17.3. The van der Waals surface area contributed by atoms with Crippen LogP contribution in [0.25, 0.3) is 10.9 Å². The van der Waals surface area contributed by atoms with Crippen LogP contribution in [-0.4, -0.2) is 50.0 Å². The van der Waals surface area contributed by atoms with Gasteiger partial charge in [-0.25, -0.2) is 4.98 Å². The third kappa shape index (κ3) is 3.30. The molecule has 1 aliphatic heterocycles. The molecule has 27 heavy (non-hydrogen) atoms. The maximum Gasteiger partial charge on any atom is 0.223 e. The molecule has 0 spiro atoms. The molecule has 4 rings (SSSR count). The van der Waals surface area contributed by atoms with Crippen molar-refractivity contribution >= 4 is 22.7 Å². The predicted molar refractivity (Wildman–Crippen MR) is 99.7 cm³/mol. The number of nitrogens with two attached hydrogens (primary N) is 1. The monoisotopic (exact) mass is 366 g/mol. The first-order valence-electron chi connectivity index (χ1n) is 9.04. The Hall–Kier alpha value is -3.16. The molecule has 1 fully saturated rings. The van der Waals surface area contributed by atoms with Crippen molar-refractivity contribution < 1.29 is 9.59 Å². The fraction of sp³-hybridized carbons (Fsp3) is 0.368. The highest BCUT2D eigenvalue weighted by Gasteiger charge is 2.41. The van der Waals surface area contributed by atoms with E-state index in [1.165, 1.54) is 0 Å². The highest BCUT2D eigenvalue weighted by molar-refractivity contribution is 5.85. The Kier molecular flexibility index (Phi) is 4.39. The minimum absolute atomic E-state index is 0.0151. The Balaban J connectivity index is 1.45. The number of H-pyrrole nitrogens is 2. The van der Waals surface area contributed by atoms with Crippen molar-refractivity contribution in [1.82, 2.24) is 25.1 Å². The van der Waals surface area contributed by atoms with Gasteiger partial charge in [-0.05, 0) is 25.0 Å². The van der Waals surface area contributed by atoms with Crippen molar-refractivity contribution in [3.63, 3.8) is 0 Å². The third-order valence-electron chi connectivity index (χ3n) is 5.27. The number of aryl methyl sites for hydroxylation is 2. The lowest BCUT2D eigenvalue weighted by atomic mass is 9.95. The molecule has 2 aromatic heterocycles. The van der Waals surface area contributed by atoms with Gasteiger partial charge in [0.1, 0.15) is 5.82 Å². The molecule has 2 unspecified atom stereocenters. The first-order valence-corrected chi connectivity index (χ1v) is 9.04. The minimum Gasteiger partial charge on any atom is -0.369 e. The quantitative estimate of drug-likeness (QED) is 0.629. The van der Waals surface area contributed by atoms with Gasteiger partial charge in [-0.3, -0.25) is 14.7 Å². The van der Waals surface area contributed by atoms with Gasteiger partial charge in [-0.1, -0.05) is 18.2 Å². The molecule has 3 aromatic rings. The Labute approximate surface area is 156 Å². The van der Waals surface area contributed by atoms with Gasteiger partial charge in [0.25, 0.3) is 0 Å². The zero-order chi connectivity index (χ0) is 19.0. The number of amides is 2. The van der Waals surface area contributed by atoms with Crippen molar-refractivity contribution in [3.8, 4) is 0 Å². The Morgan fingerprint density at radius 1 is 1.30 bits per heavy atom. The summed E-state index contributed by atoms with van der Waals surface area (Å²) in [5.41, 5.74) is 7.74. The van der Waals surface area contributed by atoms with Crippen LogP contribution >= 0.6 is 0 Å². The fourth-order valence-electron chi connectivity index (χ4n) is 3.82. The molecule has 0 radical (unpaired) electrons. The molecule has 140 valence electrons. The van der Waals surface area contributed by atoms with Crippen LogP contribution in [-0.2, 0) is 16.0 Å². The molecule has 0 aliphatic carbocycles. The van der Waals surface area contributed by atoms with Gasteiger partial charge in [0.2, 0.25) is 11.8 Å². The molecule has 0 saturated carbocycles. The molecule has 2 atom stereocenters. The zero-order valence-corrected chi connectivity index (χ0v) is 15.1. The molecule has 3 heterocycles. The summed E-state index contributed by atoms with van der Waals surface area (Å²) in [5.74, 6) is 0.0953. The van der Waals surface area contributed by atoms with E-state index in [-0.39, 0.29) is 11.8 Å². The highest BCUT2D eigenvalue weighted by atomic mass is 16.2. The summed E-state index contributed by atoms with van der Waals surface area (Å²) in [6.45, 7) is 2.53. The number of para-hydroxylation sites is 1. The number of aromatic nitrogens is 4. The van der Waals surface area contributed by atoms with Crippen LogP contribution in [0.3, 0.4) is 0 Å². The van der Waals surface area contributed by atoms with Gasteiger partial charge in [-0.15, -0.1) is 0 Å². The van der Waals surface area contributed by atoms with E-state index in [4.69, 9.17) is 5.73 Å². The molecule has 8 heteroatoms. The van der Waals surface area contributed by atoms with Crippen molar-refractivity contribution in [2.24, 2.45) is 11.7 Å². The average Bonchev–Trinajstić information content (AvgIpc) is 3.37. The molecule has 1 saturated heterocycles. The van der Waals surface area contributed by atoms with Crippen LogP contribution in [0, 0.1) is 12.8 Å². The van der Waals surface area contributed by atoms with Crippen LogP contribution in [0.15, 0.2) is 30.5 Å². The second-order valence-corrected chi connectivity index (χ2v) is 7.05. The number of fused-ring (bicyclic) bond motifs is 1. The van der Waals surface area contributed by atoms with Gasteiger partial charge < -0.3 is 15.6 Å². The number of aromatic amines is 2. The van der Waals surface area contributed by atoms with Gasteiger partial charge in [0.05, 0.1) is 11.8 Å². The number of rotatable bonds is 5. The maximum absolute atomic E-state index is 12.7. The largest absolute Gasteiger partial charge is 0.369 e. The number of nitrogens with zero attached hydrogens (tertiary/aromatic N) is 3. The number of likely N-dealkylation sites (tertiary alicyclic amines) is 1. The second-order valence-electron chi connectivity index (χ2n) is 7.05. The predicted octanol–water partition coefficient (Wildman–Crippen LogP) is 1.25. The van der Waals surface area contributed by atoms with Crippen LogP contribution in [0.5, 0.6) is 0 Å².